The number of guanidine groups is 1. The molecular formula is C15H24N6. The van der Waals surface area contributed by atoms with E-state index in [0.29, 0.717) is 12.0 Å². The van der Waals surface area contributed by atoms with Gasteiger partial charge in [-0.15, -0.1) is 10.2 Å². The number of hydrogen-bond acceptors (Lipinski definition) is 3. The lowest BCUT2D eigenvalue weighted by Gasteiger charge is -2.19. The van der Waals surface area contributed by atoms with Gasteiger partial charge in [-0.25, -0.2) is 0 Å². The van der Waals surface area contributed by atoms with Crippen LogP contribution in [-0.2, 0) is 6.54 Å². The molecule has 2 N–H and O–H groups in total. The lowest BCUT2D eigenvalue weighted by Crippen LogP contribution is -2.38. The fraction of sp³-hybridized carbons (Fsp3) is 0.533. The summed E-state index contributed by atoms with van der Waals surface area (Å²) < 4.78 is 1.97. The van der Waals surface area contributed by atoms with Gasteiger partial charge >= 0.3 is 0 Å². The molecule has 0 amide bonds. The van der Waals surface area contributed by atoms with E-state index in [1.807, 2.05) is 28.8 Å². The van der Waals surface area contributed by atoms with Gasteiger partial charge in [-0.1, -0.05) is 26.8 Å². The van der Waals surface area contributed by atoms with Crippen molar-refractivity contribution in [1.82, 2.24) is 25.2 Å². The summed E-state index contributed by atoms with van der Waals surface area (Å²) in [5.41, 5.74) is 1.17. The molecule has 0 aliphatic heterocycles. The van der Waals surface area contributed by atoms with Crippen LogP contribution in [0.5, 0.6) is 0 Å². The average Bonchev–Trinajstić information content (AvgIpc) is 2.85. The van der Waals surface area contributed by atoms with Crippen molar-refractivity contribution in [2.75, 3.05) is 13.6 Å². The predicted octanol–water partition coefficient (Wildman–Crippen LogP) is 1.83. The Morgan fingerprint density at radius 3 is 2.76 bits per heavy atom. The molecule has 0 spiro atoms. The lowest BCUT2D eigenvalue weighted by atomic mass is 9.92. The van der Waals surface area contributed by atoms with Gasteiger partial charge in [0.15, 0.2) is 17.4 Å². The van der Waals surface area contributed by atoms with Crippen molar-refractivity contribution in [2.45, 2.75) is 33.7 Å². The van der Waals surface area contributed by atoms with E-state index in [1.165, 1.54) is 0 Å². The van der Waals surface area contributed by atoms with E-state index in [4.69, 9.17) is 0 Å². The molecule has 2 rings (SSSR count). The first kappa shape index (κ1) is 15.3. The molecule has 0 saturated heterocycles. The Hall–Kier alpha value is -2.11. The average molecular weight is 288 g/mol. The molecule has 114 valence electrons. The van der Waals surface area contributed by atoms with Crippen LogP contribution in [0, 0.1) is 5.41 Å². The molecule has 0 unspecified atom stereocenters. The molecule has 0 aliphatic rings. The van der Waals surface area contributed by atoms with E-state index >= 15 is 0 Å². The minimum absolute atomic E-state index is 0.315. The van der Waals surface area contributed by atoms with Crippen LogP contribution in [0.1, 0.15) is 33.0 Å². The highest BCUT2D eigenvalue weighted by Gasteiger charge is 2.10. The number of fused-ring (bicyclic) bond motifs is 1. The lowest BCUT2D eigenvalue weighted by molar-refractivity contribution is 0.377. The molecule has 0 radical (unpaired) electrons. The Morgan fingerprint density at radius 2 is 2.05 bits per heavy atom. The molecule has 0 bridgehead atoms. The quantitative estimate of drug-likeness (QED) is 0.665. The molecule has 2 heterocycles. The van der Waals surface area contributed by atoms with Crippen LogP contribution in [0.25, 0.3) is 5.65 Å². The minimum atomic E-state index is 0.315. The van der Waals surface area contributed by atoms with Crippen molar-refractivity contribution in [3.63, 3.8) is 0 Å². The zero-order valence-electron chi connectivity index (χ0n) is 13.2. The third-order valence-corrected chi connectivity index (χ3v) is 3.19. The summed E-state index contributed by atoms with van der Waals surface area (Å²) in [4.78, 5) is 4.22. The summed E-state index contributed by atoms with van der Waals surface area (Å²) in [5, 5.41) is 14.9. The SMILES string of the molecule is CN=C(NCCC(C)(C)C)NCc1nnc2ccccn12. The van der Waals surface area contributed by atoms with Crippen LogP contribution in [0.4, 0.5) is 0 Å². The normalized spacial score (nSPS) is 12.7. The minimum Gasteiger partial charge on any atom is -0.356 e. The van der Waals surface area contributed by atoms with Crippen molar-refractivity contribution in [2.24, 2.45) is 10.4 Å². The first-order valence-corrected chi connectivity index (χ1v) is 7.23. The first-order valence-electron chi connectivity index (χ1n) is 7.23. The summed E-state index contributed by atoms with van der Waals surface area (Å²) in [6.07, 6.45) is 3.05. The van der Waals surface area contributed by atoms with Crippen LogP contribution in [-0.4, -0.2) is 34.2 Å². The maximum Gasteiger partial charge on any atom is 0.191 e. The number of nitrogens with zero attached hydrogens (tertiary/aromatic N) is 4. The number of nitrogens with one attached hydrogen (secondary N) is 2. The monoisotopic (exact) mass is 288 g/mol. The third kappa shape index (κ3) is 4.44. The molecule has 6 heteroatoms. The number of pyridine rings is 1. The number of aliphatic imine (C=N–C) groups is 1. The second kappa shape index (κ2) is 6.56. The van der Waals surface area contributed by atoms with Crippen LogP contribution in [0.15, 0.2) is 29.4 Å². The summed E-state index contributed by atoms with van der Waals surface area (Å²) in [6.45, 7) is 8.16. The largest absolute Gasteiger partial charge is 0.356 e. The van der Waals surface area contributed by atoms with Gasteiger partial charge in [0.2, 0.25) is 0 Å². The van der Waals surface area contributed by atoms with Crippen molar-refractivity contribution < 1.29 is 0 Å². The highest BCUT2D eigenvalue weighted by atomic mass is 15.3. The Balaban J connectivity index is 1.89. The molecule has 2 aromatic rings. The fourth-order valence-electron chi connectivity index (χ4n) is 1.95. The van der Waals surface area contributed by atoms with Crippen molar-refractivity contribution in [1.29, 1.82) is 0 Å². The topological polar surface area (TPSA) is 66.6 Å². The highest BCUT2D eigenvalue weighted by Crippen LogP contribution is 2.16. The summed E-state index contributed by atoms with van der Waals surface area (Å²) in [5.74, 6) is 1.65. The second-order valence-corrected chi connectivity index (χ2v) is 6.21. The van der Waals surface area contributed by atoms with E-state index in [2.05, 4.69) is 46.6 Å². The number of aromatic nitrogens is 3. The van der Waals surface area contributed by atoms with Gasteiger partial charge in [0, 0.05) is 19.8 Å². The molecule has 2 aromatic heterocycles. The molecule has 0 saturated carbocycles. The second-order valence-electron chi connectivity index (χ2n) is 6.21. The maximum atomic E-state index is 4.22. The van der Waals surface area contributed by atoms with Crippen LogP contribution < -0.4 is 10.6 Å². The van der Waals surface area contributed by atoms with Gasteiger partial charge in [-0.2, -0.15) is 0 Å². The maximum absolute atomic E-state index is 4.22. The number of rotatable bonds is 4. The zero-order chi connectivity index (χ0) is 15.3. The van der Waals surface area contributed by atoms with Gasteiger partial charge in [0.25, 0.3) is 0 Å². The summed E-state index contributed by atoms with van der Waals surface area (Å²) in [7, 11) is 1.77. The standard InChI is InChI=1S/C15H24N6/c1-15(2,3)8-9-17-14(16-4)18-11-13-20-19-12-7-5-6-10-21(12)13/h5-7,10H,8-9,11H2,1-4H3,(H2,16,17,18). The molecular weight excluding hydrogens is 264 g/mol. The molecule has 0 aromatic carbocycles. The Kier molecular flexibility index (Phi) is 4.77. The van der Waals surface area contributed by atoms with Crippen LogP contribution in [0.3, 0.4) is 0 Å². The highest BCUT2D eigenvalue weighted by molar-refractivity contribution is 5.79. The fourth-order valence-corrected chi connectivity index (χ4v) is 1.95. The van der Waals surface area contributed by atoms with Crippen molar-refractivity contribution in [3.8, 4) is 0 Å². The molecule has 0 fully saturated rings. The Morgan fingerprint density at radius 1 is 1.24 bits per heavy atom. The third-order valence-electron chi connectivity index (χ3n) is 3.19. The van der Waals surface area contributed by atoms with E-state index in [0.717, 1.165) is 30.4 Å². The Bertz CT molecular complexity index is 608. The van der Waals surface area contributed by atoms with Gasteiger partial charge in [-0.3, -0.25) is 9.39 Å². The first-order chi connectivity index (χ1) is 9.99. The Labute approximate surface area is 125 Å². The number of hydrogen-bond donors (Lipinski definition) is 2. The van der Waals surface area contributed by atoms with Gasteiger partial charge in [-0.05, 0) is 24.0 Å². The van der Waals surface area contributed by atoms with E-state index in [9.17, 15) is 0 Å². The summed E-state index contributed by atoms with van der Waals surface area (Å²) in [6, 6.07) is 5.86. The molecule has 6 nitrogen and oxygen atoms in total. The van der Waals surface area contributed by atoms with Crippen molar-refractivity contribution >= 4 is 11.6 Å². The van der Waals surface area contributed by atoms with Gasteiger partial charge in [0.05, 0.1) is 6.54 Å². The van der Waals surface area contributed by atoms with Gasteiger partial charge < -0.3 is 10.6 Å². The van der Waals surface area contributed by atoms with E-state index in [-0.39, 0.29) is 0 Å². The van der Waals surface area contributed by atoms with E-state index in [1.54, 1.807) is 7.05 Å². The van der Waals surface area contributed by atoms with Crippen molar-refractivity contribution in [3.05, 3.63) is 30.2 Å². The van der Waals surface area contributed by atoms with Crippen LogP contribution in [0.2, 0.25) is 0 Å². The van der Waals surface area contributed by atoms with E-state index < -0.39 is 0 Å². The molecule has 21 heavy (non-hydrogen) atoms. The summed E-state index contributed by atoms with van der Waals surface area (Å²) >= 11 is 0. The smallest absolute Gasteiger partial charge is 0.191 e. The zero-order valence-corrected chi connectivity index (χ0v) is 13.2. The molecule has 0 atom stereocenters. The van der Waals surface area contributed by atoms with Crippen LogP contribution >= 0.6 is 0 Å². The predicted molar refractivity (Wildman–Crippen MR) is 85.3 cm³/mol. The van der Waals surface area contributed by atoms with Gasteiger partial charge in [0.1, 0.15) is 0 Å². The molecule has 0 aliphatic carbocycles.